The van der Waals surface area contributed by atoms with Crippen LogP contribution in [0.15, 0.2) is 24.3 Å². The smallest absolute Gasteiger partial charge is 0.165 e. The first-order valence-corrected chi connectivity index (χ1v) is 8.26. The predicted octanol–water partition coefficient (Wildman–Crippen LogP) is 1.25. The summed E-state index contributed by atoms with van der Waals surface area (Å²) in [4.78, 5) is 2.37. The van der Waals surface area contributed by atoms with Crippen LogP contribution < -0.4 is 4.74 Å². The van der Waals surface area contributed by atoms with Crippen LogP contribution in [0, 0.1) is 0 Å². The number of thiol groups is 1. The standard InChI is InChI=1S/C17H19NO3S/c1-18-7-6-16-13-9-2-3-10(19)14(13)21-15(16)11(20)4-5-17(16,22)12(18)8-9/h2-5,11-12,15,19-20,22H,6-8H2,1H3/t11-,12?,15-,16?,17+/m0/s1. The molecule has 0 saturated carbocycles. The molecule has 2 N–H and O–H groups in total. The Morgan fingerprint density at radius 2 is 2.23 bits per heavy atom. The second-order valence-corrected chi connectivity index (χ2v) is 7.82. The van der Waals surface area contributed by atoms with E-state index in [0.29, 0.717) is 5.75 Å². The van der Waals surface area contributed by atoms with E-state index in [2.05, 4.69) is 18.0 Å². The number of hydrogen-bond donors (Lipinski definition) is 3. The summed E-state index contributed by atoms with van der Waals surface area (Å²) in [6.07, 6.45) is 4.62. The molecule has 2 aliphatic heterocycles. The zero-order valence-electron chi connectivity index (χ0n) is 12.4. The number of hydrogen-bond acceptors (Lipinski definition) is 5. The molecule has 1 saturated heterocycles. The molecule has 0 amide bonds. The van der Waals surface area contributed by atoms with E-state index in [9.17, 15) is 10.2 Å². The van der Waals surface area contributed by atoms with Crippen molar-refractivity contribution in [3.05, 3.63) is 35.4 Å². The minimum absolute atomic E-state index is 0.169. The lowest BCUT2D eigenvalue weighted by Gasteiger charge is -2.61. The first kappa shape index (κ1) is 13.3. The van der Waals surface area contributed by atoms with Gasteiger partial charge in [-0.25, -0.2) is 0 Å². The van der Waals surface area contributed by atoms with Gasteiger partial charge in [-0.15, -0.1) is 0 Å². The van der Waals surface area contributed by atoms with Crippen LogP contribution in [0.2, 0.25) is 0 Å². The number of ether oxygens (including phenoxy) is 1. The summed E-state index contributed by atoms with van der Waals surface area (Å²) in [7, 11) is 2.14. The summed E-state index contributed by atoms with van der Waals surface area (Å²) in [6.45, 7) is 0.946. The zero-order valence-corrected chi connectivity index (χ0v) is 13.3. The van der Waals surface area contributed by atoms with Crippen LogP contribution >= 0.6 is 12.6 Å². The van der Waals surface area contributed by atoms with Crippen LogP contribution in [0.5, 0.6) is 11.5 Å². The van der Waals surface area contributed by atoms with Crippen molar-refractivity contribution in [2.24, 2.45) is 0 Å². The lowest BCUT2D eigenvalue weighted by molar-refractivity contribution is -0.0321. The number of benzene rings is 1. The molecule has 1 fully saturated rings. The maximum Gasteiger partial charge on any atom is 0.165 e. The Kier molecular flexibility index (Phi) is 2.31. The summed E-state index contributed by atoms with van der Waals surface area (Å²) < 4.78 is 5.72. The van der Waals surface area contributed by atoms with E-state index in [1.807, 2.05) is 12.1 Å². The van der Waals surface area contributed by atoms with Crippen LogP contribution in [0.4, 0.5) is 0 Å². The average molecular weight is 317 g/mol. The van der Waals surface area contributed by atoms with Crippen LogP contribution in [-0.2, 0) is 11.8 Å². The second-order valence-electron chi connectivity index (χ2n) is 7.08. The molecule has 2 aliphatic carbocycles. The molecule has 5 rings (SSSR count). The molecule has 4 aliphatic rings. The Morgan fingerprint density at radius 1 is 1.41 bits per heavy atom. The largest absolute Gasteiger partial charge is 0.504 e. The minimum Gasteiger partial charge on any atom is -0.504 e. The van der Waals surface area contributed by atoms with Gasteiger partial charge in [-0.3, -0.25) is 0 Å². The quantitative estimate of drug-likeness (QED) is 0.498. The van der Waals surface area contributed by atoms with Gasteiger partial charge in [0.2, 0.25) is 0 Å². The third kappa shape index (κ3) is 1.19. The van der Waals surface area contributed by atoms with Crippen LogP contribution in [0.1, 0.15) is 17.5 Å². The van der Waals surface area contributed by atoms with Crippen molar-refractivity contribution in [1.82, 2.24) is 4.90 Å². The van der Waals surface area contributed by atoms with Gasteiger partial charge in [-0.1, -0.05) is 18.2 Å². The molecular formula is C17H19NO3S. The summed E-state index contributed by atoms with van der Waals surface area (Å²) in [5.41, 5.74) is 1.95. The van der Waals surface area contributed by atoms with Crippen molar-refractivity contribution in [2.45, 2.75) is 41.3 Å². The van der Waals surface area contributed by atoms with E-state index in [1.165, 1.54) is 5.56 Å². The number of phenols is 1. The van der Waals surface area contributed by atoms with E-state index in [4.69, 9.17) is 17.4 Å². The molecule has 1 aromatic rings. The van der Waals surface area contributed by atoms with Crippen molar-refractivity contribution in [3.63, 3.8) is 0 Å². The predicted molar refractivity (Wildman–Crippen MR) is 85.8 cm³/mol. The number of aliphatic hydroxyl groups excluding tert-OH is 1. The molecule has 5 atom stereocenters. The first-order chi connectivity index (χ1) is 10.5. The topological polar surface area (TPSA) is 52.9 Å². The highest BCUT2D eigenvalue weighted by Gasteiger charge is 2.70. The third-order valence-corrected chi connectivity index (χ3v) is 7.13. The molecule has 2 bridgehead atoms. The van der Waals surface area contributed by atoms with Crippen molar-refractivity contribution in [3.8, 4) is 11.5 Å². The Bertz CT molecular complexity index is 720. The summed E-state index contributed by atoms with van der Waals surface area (Å²) in [6, 6.07) is 3.98. The summed E-state index contributed by atoms with van der Waals surface area (Å²) in [5.74, 6) is 0.731. The van der Waals surface area contributed by atoms with Crippen molar-refractivity contribution in [2.75, 3.05) is 13.6 Å². The fourth-order valence-electron chi connectivity index (χ4n) is 5.29. The van der Waals surface area contributed by atoms with E-state index < -0.39 is 6.10 Å². The van der Waals surface area contributed by atoms with Gasteiger partial charge in [0.1, 0.15) is 12.2 Å². The Morgan fingerprint density at radius 3 is 3.05 bits per heavy atom. The Balaban J connectivity index is 1.89. The van der Waals surface area contributed by atoms with E-state index in [1.54, 1.807) is 6.07 Å². The molecule has 116 valence electrons. The third-order valence-electron chi connectivity index (χ3n) is 6.28. The number of piperidine rings is 1. The lowest BCUT2D eigenvalue weighted by Crippen LogP contribution is -2.72. The maximum absolute atomic E-state index is 10.5. The fraction of sp³-hybridized carbons (Fsp3) is 0.529. The SMILES string of the molecule is CN1CCC23c4c5ccc(O)c4O[C@H]2[C@@H](O)C=C[C@@]3(S)C1C5. The van der Waals surface area contributed by atoms with Gasteiger partial charge >= 0.3 is 0 Å². The molecule has 5 heteroatoms. The number of phenolic OH excluding ortho intramolecular Hbond substituents is 1. The van der Waals surface area contributed by atoms with Crippen molar-refractivity contribution in [1.29, 1.82) is 0 Å². The van der Waals surface area contributed by atoms with Gasteiger partial charge in [0.05, 0.1) is 10.2 Å². The Labute approximate surface area is 134 Å². The molecule has 1 spiro atoms. The zero-order chi connectivity index (χ0) is 15.3. The Hall–Kier alpha value is -1.17. The molecule has 2 heterocycles. The first-order valence-electron chi connectivity index (χ1n) is 7.81. The number of rotatable bonds is 0. The van der Waals surface area contributed by atoms with Gasteiger partial charge in [-0.2, -0.15) is 12.6 Å². The highest BCUT2D eigenvalue weighted by molar-refractivity contribution is 7.82. The van der Waals surface area contributed by atoms with Gasteiger partial charge in [0.15, 0.2) is 11.5 Å². The summed E-state index contributed by atoms with van der Waals surface area (Å²) >= 11 is 5.14. The van der Waals surface area contributed by atoms with Gasteiger partial charge < -0.3 is 19.8 Å². The minimum atomic E-state index is -0.665. The molecule has 4 nitrogen and oxygen atoms in total. The van der Waals surface area contributed by atoms with E-state index in [-0.39, 0.29) is 28.1 Å². The number of aromatic hydroxyl groups is 1. The van der Waals surface area contributed by atoms with Crippen LogP contribution in [0.3, 0.4) is 0 Å². The molecular weight excluding hydrogens is 298 g/mol. The van der Waals surface area contributed by atoms with Gasteiger partial charge in [-0.05, 0) is 38.1 Å². The monoisotopic (exact) mass is 317 g/mol. The van der Waals surface area contributed by atoms with Crippen molar-refractivity contribution < 1.29 is 14.9 Å². The second kappa shape index (κ2) is 3.83. The number of likely N-dealkylation sites (tertiary alicyclic amines) is 1. The normalized spacial score (nSPS) is 44.6. The molecule has 0 radical (unpaired) electrons. The average Bonchev–Trinajstić information content (AvgIpc) is 2.85. The fourth-order valence-corrected chi connectivity index (χ4v) is 6.01. The summed E-state index contributed by atoms with van der Waals surface area (Å²) in [5, 5.41) is 20.8. The number of aliphatic hydroxyl groups is 1. The molecule has 2 unspecified atom stereocenters. The highest BCUT2D eigenvalue weighted by atomic mass is 32.1. The number of likely N-dealkylation sites (N-methyl/N-ethyl adjacent to an activating group) is 1. The van der Waals surface area contributed by atoms with Gasteiger partial charge in [0, 0.05) is 11.6 Å². The van der Waals surface area contributed by atoms with E-state index in [0.717, 1.165) is 24.9 Å². The molecule has 22 heavy (non-hydrogen) atoms. The van der Waals surface area contributed by atoms with Crippen LogP contribution in [-0.4, -0.2) is 51.7 Å². The van der Waals surface area contributed by atoms with E-state index >= 15 is 0 Å². The number of nitrogens with zero attached hydrogens (tertiary/aromatic N) is 1. The highest BCUT2D eigenvalue weighted by Crippen LogP contribution is 2.65. The lowest BCUT2D eigenvalue weighted by atomic mass is 9.52. The van der Waals surface area contributed by atoms with Crippen molar-refractivity contribution >= 4 is 12.6 Å². The van der Waals surface area contributed by atoms with Gasteiger partial charge in [0.25, 0.3) is 0 Å². The molecule has 0 aromatic heterocycles. The molecule has 1 aromatic carbocycles. The maximum atomic E-state index is 10.5. The van der Waals surface area contributed by atoms with Crippen LogP contribution in [0.25, 0.3) is 0 Å².